The molecule has 2 saturated heterocycles. The van der Waals surface area contributed by atoms with E-state index in [0.717, 1.165) is 17.9 Å². The molecule has 0 spiro atoms. The number of halogens is 1. The zero-order valence-electron chi connectivity index (χ0n) is 7.35. The van der Waals surface area contributed by atoms with Gasteiger partial charge in [0.15, 0.2) is 0 Å². The second-order valence-electron chi connectivity index (χ2n) is 5.10. The van der Waals surface area contributed by atoms with Gasteiger partial charge in [-0.3, -0.25) is 0 Å². The Kier molecular flexibility index (Phi) is 1.74. The van der Waals surface area contributed by atoms with Gasteiger partial charge in [0.1, 0.15) is 0 Å². The quantitative estimate of drug-likeness (QED) is 0.573. The second kappa shape index (κ2) is 2.59. The van der Waals surface area contributed by atoms with Gasteiger partial charge < -0.3 is 5.32 Å². The Labute approximate surface area is 87.8 Å². The maximum Gasteiger partial charge on any atom is 0.0278 e. The van der Waals surface area contributed by atoms with Crippen LogP contribution >= 0.6 is 22.6 Å². The van der Waals surface area contributed by atoms with Crippen molar-refractivity contribution in [1.29, 1.82) is 0 Å². The average Bonchev–Trinajstić information content (AvgIpc) is 2.02. The maximum absolute atomic E-state index is 3.87. The Bertz CT molecular complexity index is 167. The third-order valence-electron chi connectivity index (χ3n) is 4.03. The molecule has 2 saturated carbocycles. The first-order valence-corrected chi connectivity index (χ1v) is 6.66. The summed E-state index contributed by atoms with van der Waals surface area (Å²) in [6.45, 7) is 0. The monoisotopic (exact) mass is 277 g/mol. The van der Waals surface area contributed by atoms with Crippen LogP contribution in [0.1, 0.15) is 32.1 Å². The molecule has 2 heteroatoms. The molecular formula is C10H16IN. The molecule has 2 heterocycles. The zero-order valence-corrected chi connectivity index (χ0v) is 9.51. The van der Waals surface area contributed by atoms with E-state index >= 15 is 0 Å². The maximum atomic E-state index is 3.87. The highest BCUT2D eigenvalue weighted by molar-refractivity contribution is 14.1. The van der Waals surface area contributed by atoms with E-state index in [0.29, 0.717) is 5.54 Å². The van der Waals surface area contributed by atoms with E-state index in [1.54, 1.807) is 6.42 Å². The van der Waals surface area contributed by atoms with Gasteiger partial charge in [-0.05, 0) is 43.9 Å². The number of piperidine rings is 2. The molecule has 1 N–H and O–H groups in total. The predicted octanol–water partition coefficient (Wildman–Crippen LogP) is 2.34. The minimum absolute atomic E-state index is 0.579. The summed E-state index contributed by atoms with van der Waals surface area (Å²) >= 11 is 2.57. The SMILES string of the molecule is ICC12CC3CC(CC(C3)N1)C2. The van der Waals surface area contributed by atoms with Gasteiger partial charge in [-0.15, -0.1) is 0 Å². The highest BCUT2D eigenvalue weighted by atomic mass is 127. The molecular weight excluding hydrogens is 261 g/mol. The summed E-state index contributed by atoms with van der Waals surface area (Å²) in [6, 6.07) is 0.894. The molecule has 4 rings (SSSR count). The van der Waals surface area contributed by atoms with E-state index in [2.05, 4.69) is 27.9 Å². The lowest BCUT2D eigenvalue weighted by Gasteiger charge is -2.57. The lowest BCUT2D eigenvalue weighted by Crippen LogP contribution is -2.64. The lowest BCUT2D eigenvalue weighted by atomic mass is 9.60. The van der Waals surface area contributed by atoms with Gasteiger partial charge >= 0.3 is 0 Å². The van der Waals surface area contributed by atoms with E-state index in [1.807, 2.05) is 0 Å². The van der Waals surface area contributed by atoms with Crippen LogP contribution < -0.4 is 5.32 Å². The molecule has 0 aromatic rings. The highest BCUT2D eigenvalue weighted by Gasteiger charge is 2.49. The van der Waals surface area contributed by atoms with Crippen LogP contribution in [0.2, 0.25) is 0 Å². The van der Waals surface area contributed by atoms with E-state index in [9.17, 15) is 0 Å². The summed E-state index contributed by atoms with van der Waals surface area (Å²) in [5, 5.41) is 3.87. The van der Waals surface area contributed by atoms with Gasteiger partial charge in [0, 0.05) is 16.0 Å². The minimum atomic E-state index is 0.579. The number of rotatable bonds is 1. The van der Waals surface area contributed by atoms with Crippen molar-refractivity contribution in [1.82, 2.24) is 5.32 Å². The molecule has 0 aromatic heterocycles. The van der Waals surface area contributed by atoms with Gasteiger partial charge in [-0.1, -0.05) is 22.6 Å². The summed E-state index contributed by atoms with van der Waals surface area (Å²) in [7, 11) is 0. The van der Waals surface area contributed by atoms with Crippen molar-refractivity contribution in [3.63, 3.8) is 0 Å². The van der Waals surface area contributed by atoms with Crippen molar-refractivity contribution >= 4 is 22.6 Å². The van der Waals surface area contributed by atoms with Crippen LogP contribution in [0.5, 0.6) is 0 Å². The fourth-order valence-electron chi connectivity index (χ4n) is 3.90. The fourth-order valence-corrected chi connectivity index (χ4v) is 4.75. The Hall–Kier alpha value is 0.690. The summed E-state index contributed by atoms with van der Waals surface area (Å²) in [6.07, 6.45) is 7.46. The Morgan fingerprint density at radius 3 is 2.33 bits per heavy atom. The van der Waals surface area contributed by atoms with E-state index in [1.165, 1.54) is 30.1 Å². The molecule has 68 valence electrons. The van der Waals surface area contributed by atoms with Gasteiger partial charge in [-0.25, -0.2) is 0 Å². The van der Waals surface area contributed by atoms with Crippen LogP contribution in [0.3, 0.4) is 0 Å². The Balaban J connectivity index is 1.90. The number of alkyl halides is 1. The summed E-state index contributed by atoms with van der Waals surface area (Å²) in [5.41, 5.74) is 0.579. The molecule has 0 radical (unpaired) electrons. The number of hydrogen-bond acceptors (Lipinski definition) is 1. The Morgan fingerprint density at radius 1 is 1.17 bits per heavy atom. The van der Waals surface area contributed by atoms with Crippen molar-refractivity contribution in [2.45, 2.75) is 43.7 Å². The van der Waals surface area contributed by atoms with Crippen molar-refractivity contribution in [2.24, 2.45) is 11.8 Å². The normalized spacial score (nSPS) is 56.2. The first-order valence-electron chi connectivity index (χ1n) is 5.13. The summed E-state index contributed by atoms with van der Waals surface area (Å²) in [4.78, 5) is 0. The van der Waals surface area contributed by atoms with Crippen molar-refractivity contribution in [3.8, 4) is 0 Å². The summed E-state index contributed by atoms with van der Waals surface area (Å²) < 4.78 is 1.33. The van der Waals surface area contributed by atoms with Crippen LogP contribution in [-0.4, -0.2) is 16.0 Å². The van der Waals surface area contributed by atoms with Crippen LogP contribution in [0.25, 0.3) is 0 Å². The molecule has 2 unspecified atom stereocenters. The molecule has 4 bridgehead atoms. The molecule has 0 aromatic carbocycles. The third kappa shape index (κ3) is 1.07. The third-order valence-corrected chi connectivity index (χ3v) is 5.49. The number of nitrogens with one attached hydrogen (secondary N) is 1. The van der Waals surface area contributed by atoms with Gasteiger partial charge in [0.25, 0.3) is 0 Å². The fraction of sp³-hybridized carbons (Fsp3) is 1.00. The molecule has 12 heavy (non-hydrogen) atoms. The topological polar surface area (TPSA) is 12.0 Å². The largest absolute Gasteiger partial charge is 0.308 e. The van der Waals surface area contributed by atoms with Crippen LogP contribution in [0, 0.1) is 11.8 Å². The standard InChI is InChI=1S/C10H16IN/c11-6-10-4-7-1-8(5-10)3-9(2-7)12-10/h7-9,12H,1-6H2. The first-order chi connectivity index (χ1) is 5.80. The molecule has 4 aliphatic rings. The molecule has 1 nitrogen and oxygen atoms in total. The van der Waals surface area contributed by atoms with E-state index in [4.69, 9.17) is 0 Å². The van der Waals surface area contributed by atoms with Crippen LogP contribution in [0.4, 0.5) is 0 Å². The van der Waals surface area contributed by atoms with Crippen LogP contribution in [-0.2, 0) is 0 Å². The highest BCUT2D eigenvalue weighted by Crippen LogP contribution is 2.49. The Morgan fingerprint density at radius 2 is 1.83 bits per heavy atom. The molecule has 4 fully saturated rings. The second-order valence-corrected chi connectivity index (χ2v) is 5.87. The predicted molar refractivity (Wildman–Crippen MR) is 58.6 cm³/mol. The molecule has 2 aliphatic carbocycles. The van der Waals surface area contributed by atoms with Gasteiger partial charge in [0.05, 0.1) is 0 Å². The first kappa shape index (κ1) is 8.04. The lowest BCUT2D eigenvalue weighted by molar-refractivity contribution is 0.0118. The minimum Gasteiger partial charge on any atom is -0.308 e. The van der Waals surface area contributed by atoms with Gasteiger partial charge in [-0.2, -0.15) is 0 Å². The zero-order chi connectivity index (χ0) is 8.18. The van der Waals surface area contributed by atoms with E-state index < -0.39 is 0 Å². The average molecular weight is 277 g/mol. The van der Waals surface area contributed by atoms with Gasteiger partial charge in [0.2, 0.25) is 0 Å². The van der Waals surface area contributed by atoms with Crippen molar-refractivity contribution in [2.75, 3.05) is 4.43 Å². The van der Waals surface area contributed by atoms with E-state index in [-0.39, 0.29) is 0 Å². The number of hydrogen-bond donors (Lipinski definition) is 1. The molecule has 0 amide bonds. The molecule has 2 aliphatic heterocycles. The van der Waals surface area contributed by atoms with Crippen LogP contribution in [0.15, 0.2) is 0 Å². The molecule has 2 atom stereocenters. The van der Waals surface area contributed by atoms with Crippen molar-refractivity contribution in [3.05, 3.63) is 0 Å². The van der Waals surface area contributed by atoms with Crippen molar-refractivity contribution < 1.29 is 0 Å². The smallest absolute Gasteiger partial charge is 0.0278 e. The summed E-state index contributed by atoms with van der Waals surface area (Å²) in [5.74, 6) is 2.16.